The first kappa shape index (κ1) is 10.8. The van der Waals surface area contributed by atoms with Crippen LogP contribution in [0.1, 0.15) is 0 Å². The quantitative estimate of drug-likeness (QED) is 0.391. The Morgan fingerprint density at radius 1 is 1.14 bits per heavy atom. The summed E-state index contributed by atoms with van der Waals surface area (Å²) < 4.78 is 31.6. The Balaban J connectivity index is 0. The molecule has 0 aliphatic carbocycles. The zero-order valence-corrected chi connectivity index (χ0v) is 7.58. The van der Waals surface area contributed by atoms with Gasteiger partial charge in [-0.3, -0.25) is 9.11 Å². The van der Waals surface area contributed by atoms with E-state index in [0.29, 0.717) is 0 Å². The normalized spacial score (nSPS) is 9.14. The summed E-state index contributed by atoms with van der Waals surface area (Å²) >= 11 is 4.50. The van der Waals surface area contributed by atoms with Gasteiger partial charge in [0.25, 0.3) is 0 Å². The summed E-state index contributed by atoms with van der Waals surface area (Å²) in [6.45, 7) is 0. The average Bonchev–Trinajstić information content (AvgIpc) is 1.36. The summed E-state index contributed by atoms with van der Waals surface area (Å²) in [6.07, 6.45) is 0. The second-order valence-corrected chi connectivity index (χ2v) is 1.34. The third kappa shape index (κ3) is 202. The first-order valence-electron chi connectivity index (χ1n) is 0.898. The van der Waals surface area contributed by atoms with Crippen LogP contribution in [0.5, 0.6) is 0 Å². The van der Waals surface area contributed by atoms with Crippen LogP contribution in [0.2, 0.25) is 0 Å². The van der Waals surface area contributed by atoms with Gasteiger partial charge in [0.05, 0.1) is 0 Å². The van der Waals surface area contributed by atoms with Gasteiger partial charge in [0, 0.05) is 0 Å². The van der Waals surface area contributed by atoms with E-state index in [9.17, 15) is 0 Å². The van der Waals surface area contributed by atoms with E-state index < -0.39 is 10.4 Å². The first-order valence-corrected chi connectivity index (χ1v) is 7.50. The van der Waals surface area contributed by atoms with Crippen molar-refractivity contribution in [2.45, 2.75) is 0 Å². The number of rotatable bonds is 0. The molecule has 0 rings (SSSR count). The average molecular weight is 258 g/mol. The molecule has 0 radical (unpaired) electrons. The van der Waals surface area contributed by atoms with Crippen LogP contribution in [0, 0.1) is 0 Å². The Morgan fingerprint density at radius 3 is 1.14 bits per heavy atom. The van der Waals surface area contributed by atoms with E-state index in [0.717, 1.165) is 0 Å². The fourth-order valence-corrected chi connectivity index (χ4v) is 0. The Morgan fingerprint density at radius 2 is 1.14 bits per heavy atom. The van der Waals surface area contributed by atoms with E-state index >= 15 is 0 Å². The molecule has 0 bridgehead atoms. The Labute approximate surface area is 56.4 Å². The topological polar surface area (TPSA) is 74.6 Å². The van der Waals surface area contributed by atoms with Gasteiger partial charge in [-0.2, -0.15) is 8.42 Å². The summed E-state index contributed by atoms with van der Waals surface area (Å²) in [6, 6.07) is 0. The van der Waals surface area contributed by atoms with Crippen molar-refractivity contribution in [1.82, 2.24) is 0 Å². The molecule has 7 heavy (non-hydrogen) atoms. The monoisotopic (exact) mass is 260 g/mol. The molecule has 0 saturated heterocycles. The van der Waals surface area contributed by atoms with E-state index in [1.165, 1.54) is 0 Å². The predicted octanol–water partition coefficient (Wildman–Crippen LogP) is -1.95. The summed E-state index contributed by atoms with van der Waals surface area (Å²) in [5, 5.41) is 0. The molecule has 0 aromatic carbocycles. The van der Waals surface area contributed by atoms with Gasteiger partial charge in [-0.1, -0.05) is 0 Å². The molecule has 0 spiro atoms. The van der Waals surface area contributed by atoms with Gasteiger partial charge >= 0.3 is 38.8 Å². The van der Waals surface area contributed by atoms with Crippen molar-refractivity contribution < 1.29 is 17.5 Å². The van der Waals surface area contributed by atoms with Crippen molar-refractivity contribution in [1.29, 1.82) is 0 Å². The van der Waals surface area contributed by atoms with Crippen LogP contribution in [0.3, 0.4) is 0 Å². The van der Waals surface area contributed by atoms with Crippen molar-refractivity contribution in [3.05, 3.63) is 0 Å². The summed E-state index contributed by atoms with van der Waals surface area (Å²) in [5.41, 5.74) is 0. The molecule has 0 unspecified atom stereocenters. The van der Waals surface area contributed by atoms with Crippen LogP contribution in [-0.4, -0.2) is 45.9 Å². The molecule has 0 fully saturated rings. The van der Waals surface area contributed by atoms with E-state index in [1.807, 2.05) is 0 Å². The van der Waals surface area contributed by atoms with Crippen molar-refractivity contribution in [3.63, 3.8) is 0 Å². The van der Waals surface area contributed by atoms with Gasteiger partial charge in [0.2, 0.25) is 0 Å². The van der Waals surface area contributed by atoms with Gasteiger partial charge in [-0.25, -0.2) is 0 Å². The van der Waals surface area contributed by atoms with Crippen LogP contribution in [0.4, 0.5) is 0 Å². The fourth-order valence-electron chi connectivity index (χ4n) is 0. The van der Waals surface area contributed by atoms with Gasteiger partial charge in [0.1, 0.15) is 0 Å². The van der Waals surface area contributed by atoms with E-state index in [4.69, 9.17) is 17.5 Å². The summed E-state index contributed by atoms with van der Waals surface area (Å²) in [7, 11) is -4.67. The molecule has 0 aliphatic rings. The van der Waals surface area contributed by atoms with Crippen LogP contribution in [-0.2, 0) is 10.4 Å². The van der Waals surface area contributed by atoms with Crippen molar-refractivity contribution in [2.24, 2.45) is 0 Å². The van der Waals surface area contributed by atoms with Crippen molar-refractivity contribution in [2.75, 3.05) is 0 Å². The predicted molar refractivity (Wildman–Crippen MR) is 28.5 cm³/mol. The van der Waals surface area contributed by atoms with Crippen molar-refractivity contribution >= 4 is 38.8 Å². The molecular formula is H4O4SSe2. The van der Waals surface area contributed by atoms with E-state index in [1.54, 1.807) is 0 Å². The van der Waals surface area contributed by atoms with Crippen LogP contribution in [0.15, 0.2) is 0 Å². The molecule has 4 nitrogen and oxygen atoms in total. The zero-order chi connectivity index (χ0) is 6.50. The minimum absolute atomic E-state index is 2.25. The van der Waals surface area contributed by atoms with Gasteiger partial charge in [-0.15, -0.1) is 0 Å². The molecule has 0 aromatic rings. The standard InChI is InChI=1S/H2O4S.H2Se2/c1-5(2,3)4;1-2/h(H2,1,2,3,4);1-2H. The second-order valence-electron chi connectivity index (χ2n) is 0.448. The van der Waals surface area contributed by atoms with Crippen LogP contribution in [0.25, 0.3) is 0 Å². The minimum atomic E-state index is -4.67. The summed E-state index contributed by atoms with van der Waals surface area (Å²) in [5.74, 6) is 0. The number of hydrogen-bond acceptors (Lipinski definition) is 2. The molecule has 2 N–H and O–H groups in total. The zero-order valence-electron chi connectivity index (χ0n) is 3.01. The number of hydrogen-bond donors (Lipinski definition) is 2. The molecule has 0 saturated carbocycles. The SMILES string of the molecule is O=S(=O)(O)O.[SeH][SeH]. The molecular weight excluding hydrogens is 254 g/mol. The third-order valence-electron chi connectivity index (χ3n) is 0. The maximum absolute atomic E-state index is 8.74. The van der Waals surface area contributed by atoms with Gasteiger partial charge < -0.3 is 0 Å². The van der Waals surface area contributed by atoms with E-state index in [2.05, 4.69) is 28.4 Å². The Bertz CT molecular complexity index is 92.9. The van der Waals surface area contributed by atoms with Crippen LogP contribution < -0.4 is 0 Å². The fraction of sp³-hybridized carbons (Fsp3) is 0. The molecule has 0 aliphatic heterocycles. The Kier molecular flexibility index (Phi) is 7.81. The molecule has 7 heteroatoms. The second kappa shape index (κ2) is 5.05. The third-order valence-corrected chi connectivity index (χ3v) is 0. The molecule has 0 amide bonds. The Hall–Kier alpha value is 0.909. The summed E-state index contributed by atoms with van der Waals surface area (Å²) in [4.78, 5) is 0. The molecule has 0 aromatic heterocycles. The first-order chi connectivity index (χ1) is 3.00. The van der Waals surface area contributed by atoms with E-state index in [-0.39, 0.29) is 0 Å². The maximum atomic E-state index is 8.74. The molecule has 0 atom stereocenters. The van der Waals surface area contributed by atoms with Crippen molar-refractivity contribution in [3.8, 4) is 0 Å². The molecule has 0 heterocycles. The van der Waals surface area contributed by atoms with Crippen LogP contribution >= 0.6 is 0 Å². The van der Waals surface area contributed by atoms with Gasteiger partial charge in [0.15, 0.2) is 0 Å². The van der Waals surface area contributed by atoms with Gasteiger partial charge in [-0.05, 0) is 0 Å². The molecule has 46 valence electrons.